The smallest absolute Gasteiger partial charge is 0.335 e. The van der Waals surface area contributed by atoms with Crippen LogP contribution in [0.15, 0.2) is 73.1 Å². The first kappa shape index (κ1) is 27.4. The van der Waals surface area contributed by atoms with Gasteiger partial charge in [0.05, 0.1) is 33.9 Å². The molecule has 0 aromatic carbocycles. The number of aromatic nitrogens is 4. The number of unbranched alkanes of at least 4 members (excludes halogenated alkanes) is 5. The van der Waals surface area contributed by atoms with E-state index in [9.17, 15) is 19.8 Å². The summed E-state index contributed by atoms with van der Waals surface area (Å²) in [5, 5.41) is 19.3. The van der Waals surface area contributed by atoms with E-state index >= 15 is 0 Å². The van der Waals surface area contributed by atoms with Crippen molar-refractivity contribution in [3.05, 3.63) is 84.2 Å². The number of rotatable bonds is 13. The molecule has 4 rings (SSSR count). The van der Waals surface area contributed by atoms with Crippen LogP contribution in [-0.4, -0.2) is 48.6 Å². The quantitative estimate of drug-likeness (QED) is 0.188. The van der Waals surface area contributed by atoms with Crippen LogP contribution < -0.4 is 4.90 Å². The first-order chi connectivity index (χ1) is 19.0. The second-order valence-corrected chi connectivity index (χ2v) is 9.15. The molecule has 9 nitrogen and oxygen atoms in total. The molecule has 0 saturated carbocycles. The number of nitrogens with zero attached hydrogens (tertiary/aromatic N) is 5. The number of hydrogen-bond donors (Lipinski definition) is 2. The molecule has 0 aliphatic rings. The molecule has 0 unspecified atom stereocenters. The monoisotopic (exact) mass is 525 g/mol. The van der Waals surface area contributed by atoms with Crippen molar-refractivity contribution in [1.29, 1.82) is 0 Å². The third kappa shape index (κ3) is 7.22. The molecule has 39 heavy (non-hydrogen) atoms. The van der Waals surface area contributed by atoms with Gasteiger partial charge in [0, 0.05) is 18.9 Å². The molecule has 4 heterocycles. The minimum absolute atomic E-state index is 0.0198. The van der Waals surface area contributed by atoms with Crippen LogP contribution >= 0.6 is 0 Å². The van der Waals surface area contributed by atoms with Gasteiger partial charge < -0.3 is 15.1 Å². The average Bonchev–Trinajstić information content (AvgIpc) is 2.97. The van der Waals surface area contributed by atoms with E-state index in [2.05, 4.69) is 16.9 Å². The Morgan fingerprint density at radius 2 is 1.36 bits per heavy atom. The van der Waals surface area contributed by atoms with E-state index in [1.807, 2.05) is 41.3 Å². The average molecular weight is 526 g/mol. The van der Waals surface area contributed by atoms with E-state index in [1.165, 1.54) is 49.7 Å². The number of hydrogen-bond acceptors (Lipinski definition) is 7. The van der Waals surface area contributed by atoms with Gasteiger partial charge in [0.1, 0.15) is 11.6 Å². The Labute approximate surface area is 227 Å². The molecule has 0 bridgehead atoms. The minimum atomic E-state index is -1.12. The highest BCUT2D eigenvalue weighted by Crippen LogP contribution is 2.29. The summed E-state index contributed by atoms with van der Waals surface area (Å²) in [7, 11) is 0. The zero-order valence-electron chi connectivity index (χ0n) is 21.8. The summed E-state index contributed by atoms with van der Waals surface area (Å²) in [6.07, 6.45) is 9.62. The molecular weight excluding hydrogens is 494 g/mol. The van der Waals surface area contributed by atoms with Crippen molar-refractivity contribution in [3.63, 3.8) is 0 Å². The Balaban J connectivity index is 1.76. The standard InChI is InChI=1S/C30H31N5O4/c1-2-3-4-5-6-9-17-35(27-13-10-12-24(33-27)23-11-7-8-15-31-23)28-20-22(30(38)39)19-26(34-28)25-18-21(29(36)37)14-16-32-25/h7-8,10-16,18-20H,2-6,9,17H2,1H3,(H,36,37)(H,38,39). The number of carboxylic acids is 2. The molecule has 200 valence electrons. The van der Waals surface area contributed by atoms with Crippen LogP contribution in [0.3, 0.4) is 0 Å². The lowest BCUT2D eigenvalue weighted by atomic mass is 10.1. The van der Waals surface area contributed by atoms with Crippen LogP contribution in [0.2, 0.25) is 0 Å². The fourth-order valence-corrected chi connectivity index (χ4v) is 4.24. The predicted molar refractivity (Wildman–Crippen MR) is 149 cm³/mol. The van der Waals surface area contributed by atoms with Crippen LogP contribution in [0, 0.1) is 0 Å². The van der Waals surface area contributed by atoms with Gasteiger partial charge in [0.15, 0.2) is 0 Å². The third-order valence-electron chi connectivity index (χ3n) is 6.28. The first-order valence-corrected chi connectivity index (χ1v) is 13.1. The van der Waals surface area contributed by atoms with Gasteiger partial charge in [0.25, 0.3) is 0 Å². The van der Waals surface area contributed by atoms with Gasteiger partial charge in [-0.1, -0.05) is 51.2 Å². The predicted octanol–water partition coefficient (Wildman–Crippen LogP) is 6.50. The first-order valence-electron chi connectivity index (χ1n) is 13.1. The van der Waals surface area contributed by atoms with E-state index in [0.717, 1.165) is 25.0 Å². The Morgan fingerprint density at radius 1 is 0.667 bits per heavy atom. The number of carbonyl (C=O) groups is 2. The molecule has 0 aliphatic heterocycles. The molecular formula is C30H31N5O4. The van der Waals surface area contributed by atoms with Gasteiger partial charge >= 0.3 is 11.9 Å². The highest BCUT2D eigenvalue weighted by molar-refractivity contribution is 5.91. The maximum atomic E-state index is 12.1. The van der Waals surface area contributed by atoms with Crippen molar-refractivity contribution in [1.82, 2.24) is 19.9 Å². The lowest BCUT2D eigenvalue weighted by Crippen LogP contribution is -2.22. The maximum Gasteiger partial charge on any atom is 0.335 e. The molecule has 0 spiro atoms. The van der Waals surface area contributed by atoms with E-state index in [0.29, 0.717) is 23.9 Å². The number of aromatic carboxylic acids is 2. The molecule has 0 amide bonds. The molecule has 0 saturated heterocycles. The molecule has 0 fully saturated rings. The van der Waals surface area contributed by atoms with E-state index < -0.39 is 11.9 Å². The number of pyridine rings is 4. The minimum Gasteiger partial charge on any atom is -0.478 e. The van der Waals surface area contributed by atoms with Crippen LogP contribution in [0.5, 0.6) is 0 Å². The molecule has 4 aromatic rings. The SMILES string of the molecule is CCCCCCCCN(c1cccc(-c2ccccn2)n1)c1cc(C(=O)O)cc(-c2cc(C(=O)O)ccn2)n1. The van der Waals surface area contributed by atoms with Gasteiger partial charge in [-0.05, 0) is 55.0 Å². The summed E-state index contributed by atoms with van der Waals surface area (Å²) < 4.78 is 0. The van der Waals surface area contributed by atoms with Crippen LogP contribution in [0.1, 0.15) is 66.2 Å². The van der Waals surface area contributed by atoms with Crippen molar-refractivity contribution >= 4 is 23.6 Å². The molecule has 0 radical (unpaired) electrons. The summed E-state index contributed by atoms with van der Waals surface area (Å²) in [6, 6.07) is 16.9. The molecule has 4 aromatic heterocycles. The van der Waals surface area contributed by atoms with Crippen molar-refractivity contribution in [2.24, 2.45) is 0 Å². The van der Waals surface area contributed by atoms with E-state index in [1.54, 1.807) is 6.20 Å². The Kier molecular flexibility index (Phi) is 9.29. The lowest BCUT2D eigenvalue weighted by Gasteiger charge is -2.24. The van der Waals surface area contributed by atoms with Gasteiger partial charge in [-0.15, -0.1) is 0 Å². The molecule has 0 atom stereocenters. The van der Waals surface area contributed by atoms with E-state index in [4.69, 9.17) is 9.97 Å². The maximum absolute atomic E-state index is 12.1. The topological polar surface area (TPSA) is 129 Å². The second-order valence-electron chi connectivity index (χ2n) is 9.15. The van der Waals surface area contributed by atoms with Gasteiger partial charge in [-0.25, -0.2) is 19.6 Å². The summed E-state index contributed by atoms with van der Waals surface area (Å²) in [5.74, 6) is -1.22. The zero-order valence-corrected chi connectivity index (χ0v) is 21.8. The van der Waals surface area contributed by atoms with Gasteiger partial charge in [-0.2, -0.15) is 0 Å². The van der Waals surface area contributed by atoms with E-state index in [-0.39, 0.29) is 22.5 Å². The third-order valence-corrected chi connectivity index (χ3v) is 6.28. The highest BCUT2D eigenvalue weighted by atomic mass is 16.4. The van der Waals surface area contributed by atoms with Crippen LogP contribution in [0.25, 0.3) is 22.8 Å². The summed E-state index contributed by atoms with van der Waals surface area (Å²) in [5.41, 5.74) is 2.01. The van der Waals surface area contributed by atoms with Crippen molar-refractivity contribution in [3.8, 4) is 22.8 Å². The Bertz CT molecular complexity index is 1430. The molecule has 2 N–H and O–H groups in total. The fourth-order valence-electron chi connectivity index (χ4n) is 4.24. The van der Waals surface area contributed by atoms with Crippen molar-refractivity contribution < 1.29 is 19.8 Å². The largest absolute Gasteiger partial charge is 0.478 e. The summed E-state index contributed by atoms with van der Waals surface area (Å²) >= 11 is 0. The Morgan fingerprint density at radius 3 is 2.10 bits per heavy atom. The Hall–Kier alpha value is -4.66. The van der Waals surface area contributed by atoms with Crippen molar-refractivity contribution in [2.45, 2.75) is 45.4 Å². The van der Waals surface area contributed by atoms with Crippen LogP contribution in [0.4, 0.5) is 11.6 Å². The molecule has 9 heteroatoms. The van der Waals surface area contributed by atoms with Crippen molar-refractivity contribution in [2.75, 3.05) is 11.4 Å². The van der Waals surface area contributed by atoms with Gasteiger partial charge in [-0.3, -0.25) is 9.97 Å². The summed E-state index contributed by atoms with van der Waals surface area (Å²) in [6.45, 7) is 2.75. The number of anilines is 2. The van der Waals surface area contributed by atoms with Gasteiger partial charge in [0.2, 0.25) is 0 Å². The number of carboxylic acid groups (broad SMARTS) is 2. The normalized spacial score (nSPS) is 10.8. The lowest BCUT2D eigenvalue weighted by molar-refractivity contribution is 0.0686. The fraction of sp³-hybridized carbons (Fsp3) is 0.267. The second kappa shape index (κ2) is 13.2. The highest BCUT2D eigenvalue weighted by Gasteiger charge is 2.19. The molecule has 0 aliphatic carbocycles. The zero-order chi connectivity index (χ0) is 27.6. The van der Waals surface area contributed by atoms with Crippen LogP contribution in [-0.2, 0) is 0 Å². The summed E-state index contributed by atoms with van der Waals surface area (Å²) in [4.78, 5) is 43.8.